The summed E-state index contributed by atoms with van der Waals surface area (Å²) in [6.07, 6.45) is 6.54. The van der Waals surface area contributed by atoms with Crippen LogP contribution in [0.3, 0.4) is 0 Å². The summed E-state index contributed by atoms with van der Waals surface area (Å²) in [5.74, 6) is 0. The second kappa shape index (κ2) is 5.19. The Labute approximate surface area is 112 Å². The molecule has 0 saturated carbocycles. The number of hydrogen-bond acceptors (Lipinski definition) is 3. The van der Waals surface area contributed by atoms with Gasteiger partial charge in [-0.05, 0) is 36.7 Å². The molecule has 0 amide bonds. The van der Waals surface area contributed by atoms with E-state index in [0.717, 1.165) is 24.9 Å². The SMILES string of the molecule is OB(O)c1cccc(Cn2cnc3c2CCCC3)c1. The Bertz CT molecular complexity index is 581. The Morgan fingerprint density at radius 2 is 2.05 bits per heavy atom. The van der Waals surface area contributed by atoms with Crippen molar-refractivity contribution in [2.45, 2.75) is 32.2 Å². The molecule has 2 aromatic rings. The molecule has 1 aromatic heterocycles. The standard InChI is InChI=1S/C14H17BN2O2/c18-15(19)12-5-3-4-11(8-12)9-17-10-16-13-6-1-2-7-14(13)17/h3-5,8,10,18-19H,1-2,6-7,9H2. The highest BCUT2D eigenvalue weighted by Crippen LogP contribution is 2.20. The van der Waals surface area contributed by atoms with Crippen LogP contribution in [-0.2, 0) is 19.4 Å². The number of rotatable bonds is 3. The highest BCUT2D eigenvalue weighted by atomic mass is 16.4. The van der Waals surface area contributed by atoms with E-state index in [4.69, 9.17) is 0 Å². The molecule has 0 aliphatic heterocycles. The highest BCUT2D eigenvalue weighted by Gasteiger charge is 2.16. The quantitative estimate of drug-likeness (QED) is 0.786. The zero-order chi connectivity index (χ0) is 13.2. The lowest BCUT2D eigenvalue weighted by Gasteiger charge is -2.14. The smallest absolute Gasteiger partial charge is 0.423 e. The van der Waals surface area contributed by atoms with Gasteiger partial charge in [0.2, 0.25) is 0 Å². The van der Waals surface area contributed by atoms with Gasteiger partial charge in [0.15, 0.2) is 0 Å². The molecule has 0 unspecified atom stereocenters. The van der Waals surface area contributed by atoms with Crippen molar-refractivity contribution < 1.29 is 10.0 Å². The van der Waals surface area contributed by atoms with Gasteiger partial charge in [-0.25, -0.2) is 4.98 Å². The zero-order valence-corrected chi connectivity index (χ0v) is 10.8. The third-order valence-corrected chi connectivity index (χ3v) is 3.71. The van der Waals surface area contributed by atoms with Gasteiger partial charge in [-0.1, -0.05) is 24.3 Å². The number of benzene rings is 1. The maximum absolute atomic E-state index is 9.20. The molecule has 5 heteroatoms. The molecule has 0 saturated heterocycles. The van der Waals surface area contributed by atoms with Crippen LogP contribution in [0.1, 0.15) is 29.8 Å². The fraction of sp³-hybridized carbons (Fsp3) is 0.357. The molecule has 98 valence electrons. The Morgan fingerprint density at radius 3 is 2.89 bits per heavy atom. The maximum atomic E-state index is 9.20. The molecular formula is C14H17BN2O2. The van der Waals surface area contributed by atoms with Crippen molar-refractivity contribution in [1.82, 2.24) is 9.55 Å². The van der Waals surface area contributed by atoms with Crippen molar-refractivity contribution in [1.29, 1.82) is 0 Å². The van der Waals surface area contributed by atoms with Crippen LogP contribution in [0.2, 0.25) is 0 Å². The monoisotopic (exact) mass is 256 g/mol. The van der Waals surface area contributed by atoms with E-state index in [1.54, 1.807) is 6.07 Å². The minimum Gasteiger partial charge on any atom is -0.423 e. The molecule has 1 aliphatic rings. The van der Waals surface area contributed by atoms with Crippen LogP contribution >= 0.6 is 0 Å². The molecule has 3 rings (SSSR count). The van der Waals surface area contributed by atoms with Crippen LogP contribution in [-0.4, -0.2) is 26.7 Å². The average Bonchev–Trinajstić information content (AvgIpc) is 2.83. The predicted molar refractivity (Wildman–Crippen MR) is 74.2 cm³/mol. The van der Waals surface area contributed by atoms with E-state index in [1.165, 1.54) is 24.2 Å². The Balaban J connectivity index is 1.85. The lowest BCUT2D eigenvalue weighted by atomic mass is 9.79. The number of aromatic nitrogens is 2. The summed E-state index contributed by atoms with van der Waals surface area (Å²) in [5, 5.41) is 18.4. The van der Waals surface area contributed by atoms with Crippen molar-refractivity contribution in [2.24, 2.45) is 0 Å². The van der Waals surface area contributed by atoms with E-state index in [-0.39, 0.29) is 0 Å². The first kappa shape index (κ1) is 12.4. The summed E-state index contributed by atoms with van der Waals surface area (Å²) in [5.41, 5.74) is 4.16. The van der Waals surface area contributed by atoms with Crippen molar-refractivity contribution in [3.05, 3.63) is 47.5 Å². The lowest BCUT2D eigenvalue weighted by Crippen LogP contribution is -2.30. The van der Waals surface area contributed by atoms with Gasteiger partial charge in [-0.3, -0.25) is 0 Å². The minimum absolute atomic E-state index is 0.534. The van der Waals surface area contributed by atoms with E-state index in [0.29, 0.717) is 5.46 Å². The van der Waals surface area contributed by atoms with E-state index in [9.17, 15) is 10.0 Å². The van der Waals surface area contributed by atoms with E-state index in [2.05, 4.69) is 9.55 Å². The molecule has 1 aromatic carbocycles. The highest BCUT2D eigenvalue weighted by molar-refractivity contribution is 6.58. The molecular weight excluding hydrogens is 239 g/mol. The fourth-order valence-electron chi connectivity index (χ4n) is 2.72. The Hall–Kier alpha value is -1.59. The summed E-state index contributed by atoms with van der Waals surface area (Å²) in [4.78, 5) is 4.47. The summed E-state index contributed by atoms with van der Waals surface area (Å²) in [7, 11) is -1.41. The third kappa shape index (κ3) is 2.57. The van der Waals surface area contributed by atoms with Crippen molar-refractivity contribution in [3.63, 3.8) is 0 Å². The van der Waals surface area contributed by atoms with Crippen LogP contribution in [0, 0.1) is 0 Å². The van der Waals surface area contributed by atoms with Gasteiger partial charge in [0.1, 0.15) is 0 Å². The molecule has 0 bridgehead atoms. The summed E-state index contributed by atoms with van der Waals surface area (Å²) < 4.78 is 2.18. The van der Waals surface area contributed by atoms with Gasteiger partial charge in [0.25, 0.3) is 0 Å². The van der Waals surface area contributed by atoms with Crippen LogP contribution in [0.25, 0.3) is 0 Å². The first-order valence-electron chi connectivity index (χ1n) is 6.72. The molecule has 0 atom stereocenters. The van der Waals surface area contributed by atoms with E-state index in [1.807, 2.05) is 24.5 Å². The normalized spacial score (nSPS) is 14.2. The maximum Gasteiger partial charge on any atom is 0.488 e. The number of aryl methyl sites for hydroxylation is 1. The first-order valence-corrected chi connectivity index (χ1v) is 6.72. The first-order chi connectivity index (χ1) is 9.24. The molecule has 1 heterocycles. The zero-order valence-electron chi connectivity index (χ0n) is 10.8. The lowest BCUT2D eigenvalue weighted by molar-refractivity contribution is 0.425. The number of nitrogens with zero attached hydrogens (tertiary/aromatic N) is 2. The van der Waals surface area contributed by atoms with Gasteiger partial charge in [-0.15, -0.1) is 0 Å². The van der Waals surface area contributed by atoms with Gasteiger partial charge in [0, 0.05) is 12.2 Å². The Kier molecular flexibility index (Phi) is 3.40. The molecule has 0 radical (unpaired) electrons. The van der Waals surface area contributed by atoms with Crippen molar-refractivity contribution >= 4 is 12.6 Å². The number of imidazole rings is 1. The van der Waals surface area contributed by atoms with Gasteiger partial charge in [0.05, 0.1) is 12.0 Å². The van der Waals surface area contributed by atoms with E-state index >= 15 is 0 Å². The van der Waals surface area contributed by atoms with Gasteiger partial charge < -0.3 is 14.6 Å². The summed E-state index contributed by atoms with van der Waals surface area (Å²) in [6, 6.07) is 7.41. The molecule has 19 heavy (non-hydrogen) atoms. The second-order valence-corrected chi connectivity index (χ2v) is 5.09. The second-order valence-electron chi connectivity index (χ2n) is 5.09. The predicted octanol–water partition coefficient (Wildman–Crippen LogP) is 0.490. The van der Waals surface area contributed by atoms with E-state index < -0.39 is 7.12 Å². The van der Waals surface area contributed by atoms with Gasteiger partial charge >= 0.3 is 7.12 Å². The van der Waals surface area contributed by atoms with Crippen LogP contribution in [0.4, 0.5) is 0 Å². The topological polar surface area (TPSA) is 58.3 Å². The Morgan fingerprint density at radius 1 is 1.21 bits per heavy atom. The van der Waals surface area contributed by atoms with Crippen molar-refractivity contribution in [2.75, 3.05) is 0 Å². The largest absolute Gasteiger partial charge is 0.488 e. The summed E-state index contributed by atoms with van der Waals surface area (Å²) in [6.45, 7) is 0.739. The molecule has 4 nitrogen and oxygen atoms in total. The number of hydrogen-bond donors (Lipinski definition) is 2. The van der Waals surface area contributed by atoms with Gasteiger partial charge in [-0.2, -0.15) is 0 Å². The third-order valence-electron chi connectivity index (χ3n) is 3.71. The molecule has 1 aliphatic carbocycles. The van der Waals surface area contributed by atoms with Crippen LogP contribution in [0.5, 0.6) is 0 Å². The molecule has 0 fully saturated rings. The summed E-state index contributed by atoms with van der Waals surface area (Å²) >= 11 is 0. The van der Waals surface area contributed by atoms with Crippen LogP contribution < -0.4 is 5.46 Å². The minimum atomic E-state index is -1.41. The fourth-order valence-corrected chi connectivity index (χ4v) is 2.72. The molecule has 2 N–H and O–H groups in total. The average molecular weight is 256 g/mol. The number of fused-ring (bicyclic) bond motifs is 1. The molecule has 0 spiro atoms. The van der Waals surface area contributed by atoms with Crippen LogP contribution in [0.15, 0.2) is 30.6 Å². The van der Waals surface area contributed by atoms with Crippen molar-refractivity contribution in [3.8, 4) is 0 Å².